The topological polar surface area (TPSA) is 32.9 Å². The summed E-state index contributed by atoms with van der Waals surface area (Å²) in [5.74, 6) is 0. The summed E-state index contributed by atoms with van der Waals surface area (Å²) in [6, 6.07) is 0. The van der Waals surface area contributed by atoms with Gasteiger partial charge in [-0.05, 0) is 6.92 Å². The van der Waals surface area contributed by atoms with Gasteiger partial charge < -0.3 is 4.98 Å². The van der Waals surface area contributed by atoms with Crippen molar-refractivity contribution in [2.24, 2.45) is 0 Å². The van der Waals surface area contributed by atoms with Crippen LogP contribution in [-0.2, 0) is 0 Å². The molecule has 1 heterocycles. The third-order valence-electron chi connectivity index (χ3n) is 1.05. The first kappa shape index (κ1) is 6.29. The molecule has 0 aromatic carbocycles. The molecule has 0 saturated heterocycles. The number of H-pyrrole nitrogens is 1. The summed E-state index contributed by atoms with van der Waals surface area (Å²) in [5, 5.41) is 0. The summed E-state index contributed by atoms with van der Waals surface area (Å²) in [6.07, 6.45) is 1.68. The van der Waals surface area contributed by atoms with Gasteiger partial charge in [0.1, 0.15) is 0 Å². The van der Waals surface area contributed by atoms with E-state index in [1.54, 1.807) is 6.08 Å². The van der Waals surface area contributed by atoms with E-state index in [0.717, 1.165) is 10.6 Å². The van der Waals surface area contributed by atoms with Gasteiger partial charge in [0, 0.05) is 5.69 Å². The quantitative estimate of drug-likeness (QED) is 0.629. The lowest BCUT2D eigenvalue weighted by atomic mass is 10.4. The van der Waals surface area contributed by atoms with Gasteiger partial charge in [-0.3, -0.25) is 4.79 Å². The zero-order valence-corrected chi connectivity index (χ0v) is 5.92. The van der Waals surface area contributed by atoms with E-state index in [4.69, 9.17) is 0 Å². The largest absolute Gasteiger partial charge is 0.316 e. The van der Waals surface area contributed by atoms with Crippen LogP contribution < -0.4 is 4.87 Å². The zero-order valence-electron chi connectivity index (χ0n) is 5.10. The Hall–Kier alpha value is -0.830. The first-order chi connectivity index (χ1) is 4.24. The molecule has 1 aromatic heterocycles. The van der Waals surface area contributed by atoms with Crippen molar-refractivity contribution in [3.8, 4) is 0 Å². The van der Waals surface area contributed by atoms with Crippen molar-refractivity contribution in [3.05, 3.63) is 26.8 Å². The van der Waals surface area contributed by atoms with E-state index < -0.39 is 0 Å². The SMILES string of the molecule is C=Cc1sc(=O)[nH]c1C. The van der Waals surface area contributed by atoms with Crippen LogP contribution in [0, 0.1) is 6.92 Å². The summed E-state index contributed by atoms with van der Waals surface area (Å²) in [5.41, 5.74) is 0.903. The molecule has 1 rings (SSSR count). The number of nitrogens with one attached hydrogen (secondary N) is 1. The fraction of sp³-hybridized carbons (Fsp3) is 0.167. The van der Waals surface area contributed by atoms with Crippen LogP contribution in [-0.4, -0.2) is 4.98 Å². The smallest absolute Gasteiger partial charge is 0.305 e. The zero-order chi connectivity index (χ0) is 6.85. The van der Waals surface area contributed by atoms with E-state index in [9.17, 15) is 4.79 Å². The van der Waals surface area contributed by atoms with Crippen LogP contribution in [0.4, 0.5) is 0 Å². The second-order valence-electron chi connectivity index (χ2n) is 1.71. The minimum Gasteiger partial charge on any atom is -0.316 e. The maximum absolute atomic E-state index is 10.6. The molecule has 48 valence electrons. The molecule has 0 saturated carbocycles. The molecule has 0 bridgehead atoms. The maximum Gasteiger partial charge on any atom is 0.305 e. The fourth-order valence-corrected chi connectivity index (χ4v) is 1.30. The van der Waals surface area contributed by atoms with E-state index in [2.05, 4.69) is 11.6 Å². The average Bonchev–Trinajstić information content (AvgIpc) is 2.10. The lowest BCUT2D eigenvalue weighted by Gasteiger charge is -1.81. The van der Waals surface area contributed by atoms with Crippen LogP contribution in [0.15, 0.2) is 11.4 Å². The molecule has 9 heavy (non-hydrogen) atoms. The van der Waals surface area contributed by atoms with Crippen molar-refractivity contribution in [2.75, 3.05) is 0 Å². The minimum absolute atomic E-state index is 0.0117. The molecule has 0 atom stereocenters. The normalized spacial score (nSPS) is 9.44. The van der Waals surface area contributed by atoms with Crippen LogP contribution in [0.25, 0.3) is 6.08 Å². The van der Waals surface area contributed by atoms with Gasteiger partial charge in [0.15, 0.2) is 0 Å². The highest BCUT2D eigenvalue weighted by Gasteiger charge is 1.96. The van der Waals surface area contributed by atoms with Crippen molar-refractivity contribution >= 4 is 17.4 Å². The Balaban J connectivity index is 3.31. The van der Waals surface area contributed by atoms with Crippen LogP contribution in [0.1, 0.15) is 10.6 Å². The van der Waals surface area contributed by atoms with Crippen LogP contribution >= 0.6 is 11.3 Å². The maximum atomic E-state index is 10.6. The summed E-state index contributed by atoms with van der Waals surface area (Å²) in [6.45, 7) is 5.41. The summed E-state index contributed by atoms with van der Waals surface area (Å²) in [7, 11) is 0. The second kappa shape index (κ2) is 2.19. The number of hydrogen-bond acceptors (Lipinski definition) is 2. The monoisotopic (exact) mass is 141 g/mol. The van der Waals surface area contributed by atoms with Crippen LogP contribution in [0.5, 0.6) is 0 Å². The van der Waals surface area contributed by atoms with E-state index in [0.29, 0.717) is 0 Å². The average molecular weight is 141 g/mol. The molecule has 0 spiro atoms. The molecule has 2 nitrogen and oxygen atoms in total. The lowest BCUT2D eigenvalue weighted by Crippen LogP contribution is -1.90. The highest BCUT2D eigenvalue weighted by Crippen LogP contribution is 2.07. The van der Waals surface area contributed by atoms with Gasteiger partial charge in [0.25, 0.3) is 0 Å². The van der Waals surface area contributed by atoms with Crippen molar-refractivity contribution in [2.45, 2.75) is 6.92 Å². The van der Waals surface area contributed by atoms with Crippen LogP contribution in [0.2, 0.25) is 0 Å². The predicted octanol–water partition coefficient (Wildman–Crippen LogP) is 1.39. The molecule has 0 aliphatic rings. The summed E-state index contributed by atoms with van der Waals surface area (Å²) >= 11 is 1.19. The standard InChI is InChI=1S/C6H7NOS/c1-3-5-4(2)7-6(8)9-5/h3H,1H2,2H3,(H,7,8). The van der Waals surface area contributed by atoms with Crippen molar-refractivity contribution in [1.82, 2.24) is 4.98 Å². The number of rotatable bonds is 1. The van der Waals surface area contributed by atoms with Crippen molar-refractivity contribution in [1.29, 1.82) is 0 Å². The minimum atomic E-state index is -0.0117. The van der Waals surface area contributed by atoms with Gasteiger partial charge in [-0.2, -0.15) is 0 Å². The third kappa shape index (κ3) is 1.10. The van der Waals surface area contributed by atoms with E-state index in [1.807, 2.05) is 6.92 Å². The van der Waals surface area contributed by atoms with Gasteiger partial charge in [-0.15, -0.1) is 0 Å². The van der Waals surface area contributed by atoms with Crippen molar-refractivity contribution < 1.29 is 0 Å². The summed E-state index contributed by atoms with van der Waals surface area (Å²) < 4.78 is 0. The molecular formula is C6H7NOS. The van der Waals surface area contributed by atoms with Crippen LogP contribution in [0.3, 0.4) is 0 Å². The number of thiazole rings is 1. The number of aryl methyl sites for hydroxylation is 1. The summed E-state index contributed by atoms with van der Waals surface area (Å²) in [4.78, 5) is 14.2. The highest BCUT2D eigenvalue weighted by atomic mass is 32.1. The third-order valence-corrected chi connectivity index (χ3v) is 2.03. The Labute approximate surface area is 56.9 Å². The fourth-order valence-electron chi connectivity index (χ4n) is 0.611. The molecular weight excluding hydrogens is 134 g/mol. The Morgan fingerprint density at radius 2 is 2.44 bits per heavy atom. The van der Waals surface area contributed by atoms with Gasteiger partial charge in [-0.25, -0.2) is 0 Å². The Kier molecular flexibility index (Phi) is 1.53. The van der Waals surface area contributed by atoms with Gasteiger partial charge >= 0.3 is 4.87 Å². The Morgan fingerprint density at radius 3 is 2.67 bits per heavy atom. The molecule has 0 radical (unpaired) electrons. The molecule has 0 aliphatic heterocycles. The van der Waals surface area contributed by atoms with E-state index in [-0.39, 0.29) is 4.87 Å². The molecule has 0 amide bonds. The van der Waals surface area contributed by atoms with Crippen molar-refractivity contribution in [3.63, 3.8) is 0 Å². The second-order valence-corrected chi connectivity index (χ2v) is 2.72. The number of hydrogen-bond donors (Lipinski definition) is 1. The molecule has 0 unspecified atom stereocenters. The first-order valence-electron chi connectivity index (χ1n) is 2.56. The number of aromatic amines is 1. The first-order valence-corrected chi connectivity index (χ1v) is 3.38. The molecule has 0 aliphatic carbocycles. The lowest BCUT2D eigenvalue weighted by molar-refractivity contribution is 1.22. The van der Waals surface area contributed by atoms with Gasteiger partial charge in [-0.1, -0.05) is 24.0 Å². The molecule has 0 fully saturated rings. The molecule has 3 heteroatoms. The van der Waals surface area contributed by atoms with E-state index >= 15 is 0 Å². The van der Waals surface area contributed by atoms with E-state index in [1.165, 1.54) is 11.3 Å². The highest BCUT2D eigenvalue weighted by molar-refractivity contribution is 7.10. The predicted molar refractivity (Wildman–Crippen MR) is 39.8 cm³/mol. The van der Waals surface area contributed by atoms with Gasteiger partial charge in [0.2, 0.25) is 0 Å². The molecule has 1 aromatic rings. The Morgan fingerprint density at radius 1 is 1.78 bits per heavy atom. The molecule has 1 N–H and O–H groups in total. The Bertz CT molecular complexity index is 271. The van der Waals surface area contributed by atoms with Gasteiger partial charge in [0.05, 0.1) is 4.88 Å². The number of aromatic nitrogens is 1.